The molecule has 1 unspecified atom stereocenters. The van der Waals surface area contributed by atoms with Crippen molar-refractivity contribution in [1.82, 2.24) is 19.7 Å². The van der Waals surface area contributed by atoms with E-state index in [-0.39, 0.29) is 24.3 Å². The summed E-state index contributed by atoms with van der Waals surface area (Å²) < 4.78 is 1.75. The summed E-state index contributed by atoms with van der Waals surface area (Å²) in [7, 11) is 1.87. The summed E-state index contributed by atoms with van der Waals surface area (Å²) in [6.07, 6.45) is 5.85. The number of benzene rings is 1. The Bertz CT molecular complexity index is 1420. The number of thiazole rings is 1. The lowest BCUT2D eigenvalue weighted by molar-refractivity contribution is -0.140. The van der Waals surface area contributed by atoms with E-state index in [9.17, 15) is 14.7 Å². The van der Waals surface area contributed by atoms with E-state index in [0.717, 1.165) is 46.3 Å². The Hall–Kier alpha value is -3.59. The van der Waals surface area contributed by atoms with Gasteiger partial charge in [0, 0.05) is 47.1 Å². The zero-order valence-electron chi connectivity index (χ0n) is 20.6. The fraction of sp³-hybridized carbons (Fsp3) is 0.370. The molecule has 9 heteroatoms. The smallest absolute Gasteiger partial charge is 0.304 e. The van der Waals surface area contributed by atoms with E-state index >= 15 is 0 Å². The lowest BCUT2D eigenvalue weighted by atomic mass is 9.93. The van der Waals surface area contributed by atoms with E-state index in [1.54, 1.807) is 15.8 Å². The Balaban J connectivity index is 1.48. The Kier molecular flexibility index (Phi) is 6.57. The van der Waals surface area contributed by atoms with Gasteiger partial charge in [0.25, 0.3) is 0 Å². The van der Waals surface area contributed by atoms with Gasteiger partial charge < -0.3 is 5.11 Å². The number of carbonyl (C=O) groups excluding carboxylic acids is 1. The number of anilines is 1. The van der Waals surface area contributed by atoms with Crippen LogP contribution >= 0.6 is 11.3 Å². The molecule has 0 radical (unpaired) electrons. The molecule has 1 saturated carbocycles. The van der Waals surface area contributed by atoms with Crippen LogP contribution in [0, 0.1) is 11.8 Å². The largest absolute Gasteiger partial charge is 0.481 e. The predicted molar refractivity (Wildman–Crippen MR) is 141 cm³/mol. The van der Waals surface area contributed by atoms with E-state index in [2.05, 4.69) is 16.1 Å². The molecule has 0 spiro atoms. The first-order valence-electron chi connectivity index (χ1n) is 12.2. The summed E-state index contributed by atoms with van der Waals surface area (Å²) in [5, 5.41) is 17.3. The Morgan fingerprint density at radius 2 is 1.94 bits per heavy atom. The van der Waals surface area contributed by atoms with E-state index in [4.69, 9.17) is 4.98 Å². The van der Waals surface area contributed by atoms with Crippen molar-refractivity contribution in [3.05, 3.63) is 48.1 Å². The minimum atomic E-state index is -0.947. The zero-order chi connectivity index (χ0) is 25.4. The van der Waals surface area contributed by atoms with Gasteiger partial charge in [-0.3, -0.25) is 19.2 Å². The highest BCUT2D eigenvalue weighted by atomic mass is 32.1. The number of carboxylic acid groups (broad SMARTS) is 1. The molecular weight excluding hydrogens is 474 g/mol. The number of fused-ring (bicyclic) bond motifs is 1. The number of pyridine rings is 1. The number of carbonyl (C=O) groups is 2. The van der Waals surface area contributed by atoms with Crippen molar-refractivity contribution in [2.45, 2.75) is 45.6 Å². The fourth-order valence-electron chi connectivity index (χ4n) is 4.66. The molecule has 1 N–H and O–H groups in total. The molecule has 5 rings (SSSR count). The van der Waals surface area contributed by atoms with Crippen LogP contribution in [0.1, 0.15) is 39.5 Å². The number of hydrogen-bond acceptors (Lipinski definition) is 6. The molecule has 3 heterocycles. The minimum absolute atomic E-state index is 0.0902. The van der Waals surface area contributed by atoms with Crippen molar-refractivity contribution in [3.8, 4) is 22.4 Å². The molecule has 4 aromatic rings. The summed E-state index contributed by atoms with van der Waals surface area (Å²) in [5.74, 6) is -1.41. The Morgan fingerprint density at radius 1 is 1.19 bits per heavy atom. The molecular formula is C27H29N5O3S. The van der Waals surface area contributed by atoms with Crippen molar-refractivity contribution < 1.29 is 14.7 Å². The van der Waals surface area contributed by atoms with Gasteiger partial charge >= 0.3 is 5.97 Å². The lowest BCUT2D eigenvalue weighted by Gasteiger charge is -2.25. The van der Waals surface area contributed by atoms with Crippen molar-refractivity contribution >= 4 is 39.4 Å². The number of aliphatic carboxylic acids is 1. The molecule has 0 saturated heterocycles. The van der Waals surface area contributed by atoms with Crippen LogP contribution in [0.3, 0.4) is 0 Å². The number of aromatic nitrogens is 4. The Morgan fingerprint density at radius 3 is 2.64 bits per heavy atom. The third kappa shape index (κ3) is 4.88. The highest BCUT2D eigenvalue weighted by molar-refractivity contribution is 7.14. The molecule has 1 aliphatic rings. The van der Waals surface area contributed by atoms with Crippen molar-refractivity contribution in [1.29, 1.82) is 0 Å². The first-order valence-corrected chi connectivity index (χ1v) is 13.1. The van der Waals surface area contributed by atoms with Gasteiger partial charge in [-0.1, -0.05) is 38.1 Å². The zero-order valence-corrected chi connectivity index (χ0v) is 21.4. The van der Waals surface area contributed by atoms with Gasteiger partial charge in [0.1, 0.15) is 0 Å². The average Bonchev–Trinajstić information content (AvgIpc) is 3.44. The molecule has 3 aromatic heterocycles. The normalized spacial score (nSPS) is 14.3. The van der Waals surface area contributed by atoms with Crippen LogP contribution < -0.4 is 4.90 Å². The SMILES string of the molecule is CC(C)CC(CC(=O)O)C(=O)N(c1nc(-c2ccccc2-c2cnc3c(cnn3C)c2)cs1)C1CC1. The van der Waals surface area contributed by atoms with E-state index < -0.39 is 11.9 Å². The lowest BCUT2D eigenvalue weighted by Crippen LogP contribution is -2.39. The van der Waals surface area contributed by atoms with Crippen molar-refractivity contribution in [2.75, 3.05) is 4.90 Å². The van der Waals surface area contributed by atoms with Crippen LogP contribution in [0.4, 0.5) is 5.13 Å². The third-order valence-electron chi connectivity index (χ3n) is 6.46. The standard InChI is InChI=1S/C27H29N5O3S/c1-16(2)10-17(12-24(33)34)26(35)32(20-8-9-20)27-30-23(15-36-27)22-7-5-4-6-21(22)18-11-19-14-29-31(3)25(19)28-13-18/h4-7,11,13-17,20H,8-10,12H2,1-3H3,(H,33,34). The maximum atomic E-state index is 13.6. The minimum Gasteiger partial charge on any atom is -0.481 e. The summed E-state index contributed by atoms with van der Waals surface area (Å²) in [6.45, 7) is 4.03. The summed E-state index contributed by atoms with van der Waals surface area (Å²) in [6, 6.07) is 10.2. The van der Waals surface area contributed by atoms with Gasteiger partial charge in [0.15, 0.2) is 10.8 Å². The monoisotopic (exact) mass is 503 g/mol. The third-order valence-corrected chi connectivity index (χ3v) is 7.30. The summed E-state index contributed by atoms with van der Waals surface area (Å²) in [4.78, 5) is 36.3. The molecule has 8 nitrogen and oxygen atoms in total. The van der Waals surface area contributed by atoms with Gasteiger partial charge in [-0.2, -0.15) is 5.10 Å². The van der Waals surface area contributed by atoms with Gasteiger partial charge in [0.2, 0.25) is 5.91 Å². The second kappa shape index (κ2) is 9.81. The van der Waals surface area contributed by atoms with Gasteiger partial charge in [0.05, 0.1) is 18.3 Å². The molecule has 186 valence electrons. The number of amides is 1. The first-order chi connectivity index (χ1) is 17.3. The van der Waals surface area contributed by atoms with Crippen molar-refractivity contribution in [2.24, 2.45) is 18.9 Å². The van der Waals surface area contributed by atoms with Crippen LogP contribution in [-0.2, 0) is 16.6 Å². The van der Waals surface area contributed by atoms with Gasteiger partial charge in [-0.15, -0.1) is 11.3 Å². The summed E-state index contributed by atoms with van der Waals surface area (Å²) in [5.41, 5.74) is 4.53. The van der Waals surface area contributed by atoms with Crippen LogP contribution in [-0.4, -0.2) is 42.8 Å². The number of carboxylic acids is 1. The number of aryl methyl sites for hydroxylation is 1. The van der Waals surface area contributed by atoms with Crippen molar-refractivity contribution in [3.63, 3.8) is 0 Å². The molecule has 0 aliphatic heterocycles. The van der Waals surface area contributed by atoms with E-state index in [0.29, 0.717) is 11.6 Å². The summed E-state index contributed by atoms with van der Waals surface area (Å²) >= 11 is 1.43. The highest BCUT2D eigenvalue weighted by Crippen LogP contribution is 2.39. The second-order valence-electron chi connectivity index (χ2n) is 9.83. The highest BCUT2D eigenvalue weighted by Gasteiger charge is 2.39. The van der Waals surface area contributed by atoms with Crippen LogP contribution in [0.2, 0.25) is 0 Å². The molecule has 1 fully saturated rings. The van der Waals surface area contributed by atoms with Crippen LogP contribution in [0.25, 0.3) is 33.4 Å². The molecule has 1 aliphatic carbocycles. The molecule has 36 heavy (non-hydrogen) atoms. The molecule has 0 bridgehead atoms. The molecule has 1 atom stereocenters. The molecule has 1 amide bonds. The second-order valence-corrected chi connectivity index (χ2v) is 10.7. The maximum Gasteiger partial charge on any atom is 0.304 e. The predicted octanol–water partition coefficient (Wildman–Crippen LogP) is 5.39. The molecule has 1 aromatic carbocycles. The van der Waals surface area contributed by atoms with E-state index in [1.807, 2.05) is 56.7 Å². The topological polar surface area (TPSA) is 101 Å². The number of hydrogen-bond donors (Lipinski definition) is 1. The van der Waals surface area contributed by atoms with Crippen LogP contribution in [0.15, 0.2) is 48.1 Å². The van der Waals surface area contributed by atoms with E-state index in [1.165, 1.54) is 11.3 Å². The fourth-order valence-corrected chi connectivity index (χ4v) is 5.56. The number of nitrogens with zero attached hydrogens (tertiary/aromatic N) is 5. The maximum absolute atomic E-state index is 13.6. The van der Waals surface area contributed by atoms with Gasteiger partial charge in [-0.05, 0) is 36.8 Å². The first kappa shape index (κ1) is 24.1. The van der Waals surface area contributed by atoms with Crippen LogP contribution in [0.5, 0.6) is 0 Å². The average molecular weight is 504 g/mol. The van der Waals surface area contributed by atoms with Gasteiger partial charge in [-0.25, -0.2) is 9.97 Å². The Labute approximate surface area is 213 Å². The number of rotatable bonds is 9. The quantitative estimate of drug-likeness (QED) is 0.329.